The number of amides is 1. The molecule has 1 aliphatic rings. The summed E-state index contributed by atoms with van der Waals surface area (Å²) in [5, 5.41) is 9.94. The lowest BCUT2D eigenvalue weighted by Crippen LogP contribution is -2.44. The Bertz CT molecular complexity index is 1440. The van der Waals surface area contributed by atoms with Gasteiger partial charge in [-0.3, -0.25) is 0 Å². The molecule has 33 heavy (non-hydrogen) atoms. The number of methoxy groups -OCH3 is 1. The van der Waals surface area contributed by atoms with Crippen molar-refractivity contribution < 1.29 is 23.8 Å². The number of hydrogen-bond donors (Lipinski definition) is 1. The minimum atomic E-state index is -1.06. The lowest BCUT2D eigenvalue weighted by atomic mass is 9.98. The number of carbonyl (C=O) groups is 1. The predicted molar refractivity (Wildman–Crippen MR) is 123 cm³/mol. The third-order valence-electron chi connectivity index (χ3n) is 5.69. The molecule has 1 amide bonds. The smallest absolute Gasteiger partial charge is 0.407 e. The Balaban J connectivity index is 1.62. The lowest BCUT2D eigenvalue weighted by Gasteiger charge is -2.28. The first kappa shape index (κ1) is 21.3. The maximum absolute atomic E-state index is 14.9. The van der Waals surface area contributed by atoms with E-state index in [9.17, 15) is 14.3 Å². The molecule has 0 radical (unpaired) electrons. The normalized spacial score (nSPS) is 17.2. The van der Waals surface area contributed by atoms with Crippen LogP contribution in [0.4, 0.5) is 9.18 Å². The third kappa shape index (κ3) is 3.60. The molecule has 0 saturated carbocycles. The van der Waals surface area contributed by atoms with E-state index in [0.717, 1.165) is 20.7 Å². The highest BCUT2D eigenvalue weighted by Crippen LogP contribution is 2.45. The van der Waals surface area contributed by atoms with Gasteiger partial charge in [-0.25, -0.2) is 24.1 Å². The summed E-state index contributed by atoms with van der Waals surface area (Å²) in [5.41, 5.74) is 3.54. The average Bonchev–Trinajstić information content (AvgIpc) is 3.33. The van der Waals surface area contributed by atoms with Crippen LogP contribution in [0.15, 0.2) is 24.4 Å². The Morgan fingerprint density at radius 1 is 1.33 bits per heavy atom. The largest absolute Gasteiger partial charge is 0.482 e. The number of hydrogen-bond acceptors (Lipinski definition) is 7. The van der Waals surface area contributed by atoms with Crippen molar-refractivity contribution in [1.82, 2.24) is 19.9 Å². The Hall–Kier alpha value is -3.53. The number of halogens is 1. The molecule has 0 saturated heterocycles. The molecule has 1 unspecified atom stereocenters. The van der Waals surface area contributed by atoms with E-state index in [1.807, 2.05) is 19.1 Å². The molecule has 170 valence electrons. The van der Waals surface area contributed by atoms with E-state index in [4.69, 9.17) is 14.5 Å². The van der Waals surface area contributed by atoms with Crippen molar-refractivity contribution in [2.75, 3.05) is 20.7 Å². The maximum Gasteiger partial charge on any atom is 0.407 e. The fourth-order valence-electron chi connectivity index (χ4n) is 4.29. The Labute approximate surface area is 192 Å². The number of fused-ring (bicyclic) bond motifs is 4. The summed E-state index contributed by atoms with van der Waals surface area (Å²) < 4.78 is 26.9. The zero-order valence-electron chi connectivity index (χ0n) is 18.5. The van der Waals surface area contributed by atoms with Crippen LogP contribution in [0.2, 0.25) is 0 Å². The van der Waals surface area contributed by atoms with Gasteiger partial charge in [0.05, 0.1) is 41.1 Å². The molecule has 2 aromatic heterocycles. The highest BCUT2D eigenvalue weighted by molar-refractivity contribution is 7.22. The Morgan fingerprint density at radius 3 is 2.85 bits per heavy atom. The van der Waals surface area contributed by atoms with Crippen molar-refractivity contribution in [1.29, 1.82) is 0 Å². The van der Waals surface area contributed by atoms with Gasteiger partial charge in [0.25, 0.3) is 0 Å². The summed E-state index contributed by atoms with van der Waals surface area (Å²) in [5.74, 6) is 0.0818. The van der Waals surface area contributed by atoms with Gasteiger partial charge in [-0.1, -0.05) is 0 Å². The SMILES string of the molecule is COc1cnc2c(-c3nc4cc(F)c5c(c4s3)CC(C)(CN(C)C(=O)O)O5)cc(C)cc2n1. The van der Waals surface area contributed by atoms with Gasteiger partial charge >= 0.3 is 6.09 Å². The number of ether oxygens (including phenoxy) is 2. The van der Waals surface area contributed by atoms with E-state index in [1.165, 1.54) is 24.5 Å². The van der Waals surface area contributed by atoms with Crippen LogP contribution in [0.3, 0.4) is 0 Å². The monoisotopic (exact) mass is 468 g/mol. The van der Waals surface area contributed by atoms with Gasteiger partial charge in [0.15, 0.2) is 11.6 Å². The summed E-state index contributed by atoms with van der Waals surface area (Å²) in [6, 6.07) is 5.28. The van der Waals surface area contributed by atoms with Crippen molar-refractivity contribution in [2.45, 2.75) is 25.9 Å². The molecule has 10 heteroatoms. The van der Waals surface area contributed by atoms with E-state index in [1.54, 1.807) is 20.2 Å². The van der Waals surface area contributed by atoms with Crippen molar-refractivity contribution in [3.8, 4) is 22.2 Å². The van der Waals surface area contributed by atoms with Crippen molar-refractivity contribution >= 4 is 38.7 Å². The number of thiazole rings is 1. The second-order valence-corrected chi connectivity index (χ2v) is 9.49. The molecule has 0 spiro atoms. The summed E-state index contributed by atoms with van der Waals surface area (Å²) in [4.78, 5) is 26.1. The van der Waals surface area contributed by atoms with Crippen LogP contribution >= 0.6 is 11.3 Å². The van der Waals surface area contributed by atoms with Gasteiger partial charge in [-0.2, -0.15) is 0 Å². The second-order valence-electron chi connectivity index (χ2n) is 8.49. The van der Waals surface area contributed by atoms with E-state index in [-0.39, 0.29) is 12.3 Å². The molecule has 1 aliphatic heterocycles. The molecule has 1 N–H and O–H groups in total. The fraction of sp³-hybridized carbons (Fsp3) is 0.304. The molecule has 0 bridgehead atoms. The summed E-state index contributed by atoms with van der Waals surface area (Å²) >= 11 is 1.44. The van der Waals surface area contributed by atoms with Gasteiger partial charge in [0.1, 0.15) is 10.6 Å². The van der Waals surface area contributed by atoms with Gasteiger partial charge in [0.2, 0.25) is 5.88 Å². The molecule has 4 aromatic rings. The van der Waals surface area contributed by atoms with Gasteiger partial charge < -0.3 is 19.5 Å². The quantitative estimate of drug-likeness (QED) is 0.465. The second kappa shape index (κ2) is 7.51. The number of likely N-dealkylation sites (N-methyl/N-ethyl adjacent to an activating group) is 1. The lowest BCUT2D eigenvalue weighted by molar-refractivity contribution is 0.0669. The molecule has 0 fully saturated rings. The van der Waals surface area contributed by atoms with Crippen LogP contribution in [0, 0.1) is 12.7 Å². The number of rotatable bonds is 4. The maximum atomic E-state index is 14.9. The molecule has 3 heterocycles. The molecular formula is C23H21FN4O4S. The van der Waals surface area contributed by atoms with Crippen molar-refractivity contribution in [2.24, 2.45) is 0 Å². The van der Waals surface area contributed by atoms with Gasteiger partial charge in [-0.15, -0.1) is 11.3 Å². The third-order valence-corrected chi connectivity index (χ3v) is 6.85. The van der Waals surface area contributed by atoms with E-state index in [2.05, 4.69) is 9.97 Å². The first-order valence-electron chi connectivity index (χ1n) is 10.2. The van der Waals surface area contributed by atoms with Crippen LogP contribution < -0.4 is 9.47 Å². The molecule has 1 atom stereocenters. The van der Waals surface area contributed by atoms with Gasteiger partial charge in [0, 0.05) is 30.7 Å². The van der Waals surface area contributed by atoms with Crippen LogP contribution in [0.25, 0.3) is 31.8 Å². The molecule has 2 aromatic carbocycles. The summed E-state index contributed by atoms with van der Waals surface area (Å²) in [6.07, 6.45) is 0.872. The highest BCUT2D eigenvalue weighted by atomic mass is 32.1. The highest BCUT2D eigenvalue weighted by Gasteiger charge is 2.40. The first-order chi connectivity index (χ1) is 15.7. The van der Waals surface area contributed by atoms with E-state index < -0.39 is 17.5 Å². The number of aryl methyl sites for hydroxylation is 1. The Morgan fingerprint density at radius 2 is 2.12 bits per heavy atom. The first-order valence-corrected chi connectivity index (χ1v) is 11.1. The number of aromatic nitrogens is 3. The topological polar surface area (TPSA) is 97.7 Å². The standard InChI is InChI=1S/C23H21FN4O4S/c1-11-5-12(18-15(6-11)26-17(31-4)9-25-18)21-27-16-7-14(24)19-13(20(16)33-21)8-23(2,32-19)10-28(3)22(29)30/h5-7,9H,8,10H2,1-4H3,(H,29,30). The summed E-state index contributed by atoms with van der Waals surface area (Å²) in [7, 11) is 3.01. The van der Waals surface area contributed by atoms with E-state index in [0.29, 0.717) is 39.4 Å². The Kier molecular flexibility index (Phi) is 4.86. The molecule has 5 rings (SSSR count). The van der Waals surface area contributed by atoms with Gasteiger partial charge in [-0.05, 0) is 31.5 Å². The number of carboxylic acid groups (broad SMARTS) is 1. The van der Waals surface area contributed by atoms with Crippen LogP contribution in [0.5, 0.6) is 11.6 Å². The van der Waals surface area contributed by atoms with Crippen molar-refractivity contribution in [3.63, 3.8) is 0 Å². The predicted octanol–water partition coefficient (Wildman–Crippen LogP) is 4.67. The zero-order valence-corrected chi connectivity index (χ0v) is 19.3. The zero-order chi connectivity index (χ0) is 23.5. The number of nitrogens with zero attached hydrogens (tertiary/aromatic N) is 4. The average molecular weight is 469 g/mol. The summed E-state index contributed by atoms with van der Waals surface area (Å²) in [6.45, 7) is 3.87. The molecule has 8 nitrogen and oxygen atoms in total. The number of benzene rings is 2. The minimum absolute atomic E-state index is 0.115. The van der Waals surface area contributed by atoms with E-state index >= 15 is 0 Å². The minimum Gasteiger partial charge on any atom is -0.482 e. The van der Waals surface area contributed by atoms with Crippen LogP contribution in [0.1, 0.15) is 18.1 Å². The van der Waals surface area contributed by atoms with Crippen molar-refractivity contribution in [3.05, 3.63) is 41.3 Å². The van der Waals surface area contributed by atoms with Crippen LogP contribution in [-0.2, 0) is 6.42 Å². The van der Waals surface area contributed by atoms with Crippen LogP contribution in [-0.4, -0.2) is 57.4 Å². The fourth-order valence-corrected chi connectivity index (χ4v) is 5.39. The molecular weight excluding hydrogens is 447 g/mol. The molecule has 0 aliphatic carbocycles.